The van der Waals surface area contributed by atoms with Crippen molar-refractivity contribution < 1.29 is 4.79 Å². The fourth-order valence-electron chi connectivity index (χ4n) is 2.33. The van der Waals surface area contributed by atoms with Crippen molar-refractivity contribution >= 4 is 69.2 Å². The molecule has 0 bridgehead atoms. The number of carbonyl (C=O) groups is 1. The molecule has 0 atom stereocenters. The number of thiocarbonyl (C=S) groups is 1. The van der Waals surface area contributed by atoms with Crippen molar-refractivity contribution in [1.82, 2.24) is 0 Å². The molecule has 1 heterocycles. The quantitative estimate of drug-likeness (QED) is 0.459. The van der Waals surface area contributed by atoms with Gasteiger partial charge in [0.15, 0.2) is 4.32 Å². The van der Waals surface area contributed by atoms with Crippen LogP contribution in [0.1, 0.15) is 16.7 Å². The second kappa shape index (κ2) is 6.89. The summed E-state index contributed by atoms with van der Waals surface area (Å²) in [7, 11) is 0. The fourth-order valence-corrected chi connectivity index (χ4v) is 3.98. The molecule has 1 amide bonds. The summed E-state index contributed by atoms with van der Waals surface area (Å²) in [4.78, 5) is 14.9. The Morgan fingerprint density at radius 1 is 1.12 bits per heavy atom. The molecule has 122 valence electrons. The lowest BCUT2D eigenvalue weighted by molar-refractivity contribution is -0.113. The van der Waals surface area contributed by atoms with E-state index in [0.29, 0.717) is 24.8 Å². The van der Waals surface area contributed by atoms with Crippen molar-refractivity contribution in [1.29, 1.82) is 0 Å². The molecule has 1 aliphatic rings. The van der Waals surface area contributed by atoms with Crippen LogP contribution < -0.4 is 4.90 Å². The number of carbonyl (C=O) groups excluding carboxylic acids is 1. The lowest BCUT2D eigenvalue weighted by Gasteiger charge is -2.15. The first-order valence-electron chi connectivity index (χ1n) is 7.17. The molecular formula is C18H13Cl2NOS2. The zero-order valence-electron chi connectivity index (χ0n) is 13.0. The number of amides is 1. The van der Waals surface area contributed by atoms with Crippen LogP contribution in [0.15, 0.2) is 41.3 Å². The topological polar surface area (TPSA) is 20.3 Å². The molecular weight excluding hydrogens is 381 g/mol. The van der Waals surface area contributed by atoms with Gasteiger partial charge in [0.2, 0.25) is 0 Å². The van der Waals surface area contributed by atoms with Gasteiger partial charge in [-0.3, -0.25) is 9.69 Å². The Bertz CT molecular complexity index is 893. The molecule has 0 unspecified atom stereocenters. The monoisotopic (exact) mass is 393 g/mol. The molecule has 0 aliphatic carbocycles. The van der Waals surface area contributed by atoms with E-state index in [1.807, 2.05) is 38.1 Å². The Hall–Kier alpha value is -1.33. The third kappa shape index (κ3) is 3.24. The number of hydrogen-bond donors (Lipinski definition) is 0. The summed E-state index contributed by atoms with van der Waals surface area (Å²) < 4.78 is 0.507. The Kier molecular flexibility index (Phi) is 5.02. The molecule has 0 spiro atoms. The van der Waals surface area contributed by atoms with E-state index in [2.05, 4.69) is 0 Å². The normalized spacial score (nSPS) is 16.3. The Balaban J connectivity index is 1.98. The number of hydrogen-bond acceptors (Lipinski definition) is 3. The second-order valence-electron chi connectivity index (χ2n) is 5.43. The molecule has 0 radical (unpaired) electrons. The van der Waals surface area contributed by atoms with Crippen LogP contribution in [0.3, 0.4) is 0 Å². The largest absolute Gasteiger partial charge is 0.270 e. The van der Waals surface area contributed by atoms with Crippen molar-refractivity contribution in [3.8, 4) is 0 Å². The predicted octanol–water partition coefficient (Wildman–Crippen LogP) is 6.02. The maximum Gasteiger partial charge on any atom is 0.270 e. The van der Waals surface area contributed by atoms with Gasteiger partial charge in [0.05, 0.1) is 20.6 Å². The lowest BCUT2D eigenvalue weighted by atomic mass is 10.1. The number of aryl methyl sites for hydroxylation is 2. The standard InChI is InChI=1S/C18H13Cl2NOS2/c1-10-6-7-13(8-11(10)2)21-17(22)15(24-18(21)23)9-12-4-3-5-14(19)16(12)20/h3-9H,1-2H3/b15-9+. The summed E-state index contributed by atoms with van der Waals surface area (Å²) in [6.07, 6.45) is 1.73. The first kappa shape index (κ1) is 17.5. The molecule has 3 rings (SSSR count). The van der Waals surface area contributed by atoms with Crippen LogP contribution in [0, 0.1) is 13.8 Å². The molecule has 2 aromatic rings. The molecule has 0 aromatic heterocycles. The molecule has 2 nitrogen and oxygen atoms in total. The Morgan fingerprint density at radius 3 is 2.58 bits per heavy atom. The van der Waals surface area contributed by atoms with Crippen LogP contribution in [-0.2, 0) is 4.79 Å². The second-order valence-corrected chi connectivity index (χ2v) is 7.89. The smallest absolute Gasteiger partial charge is 0.268 e. The zero-order valence-corrected chi connectivity index (χ0v) is 16.1. The van der Waals surface area contributed by atoms with E-state index in [4.69, 9.17) is 35.4 Å². The SMILES string of the molecule is Cc1ccc(N2C(=O)/C(=C\c3cccc(Cl)c3Cl)SC2=S)cc1C. The van der Waals surface area contributed by atoms with E-state index in [1.54, 1.807) is 23.1 Å². The minimum Gasteiger partial charge on any atom is -0.268 e. The van der Waals surface area contributed by atoms with Crippen LogP contribution in [0.5, 0.6) is 0 Å². The highest BCUT2D eigenvalue weighted by molar-refractivity contribution is 8.27. The van der Waals surface area contributed by atoms with Gasteiger partial charge in [-0.25, -0.2) is 0 Å². The van der Waals surface area contributed by atoms with E-state index >= 15 is 0 Å². The molecule has 24 heavy (non-hydrogen) atoms. The molecule has 0 N–H and O–H groups in total. The molecule has 1 saturated heterocycles. The van der Waals surface area contributed by atoms with Crippen molar-refractivity contribution in [3.63, 3.8) is 0 Å². The third-order valence-corrected chi connectivity index (χ3v) is 5.95. The zero-order chi connectivity index (χ0) is 17.4. The number of benzene rings is 2. The molecule has 1 aliphatic heterocycles. The van der Waals surface area contributed by atoms with Gasteiger partial charge < -0.3 is 0 Å². The Morgan fingerprint density at radius 2 is 1.88 bits per heavy atom. The summed E-state index contributed by atoms with van der Waals surface area (Å²) in [5.74, 6) is -0.149. The van der Waals surface area contributed by atoms with Crippen molar-refractivity contribution in [2.75, 3.05) is 4.90 Å². The van der Waals surface area contributed by atoms with Crippen LogP contribution in [-0.4, -0.2) is 10.2 Å². The van der Waals surface area contributed by atoms with Crippen LogP contribution >= 0.6 is 47.2 Å². The molecule has 0 saturated carbocycles. The lowest BCUT2D eigenvalue weighted by Crippen LogP contribution is -2.27. The van der Waals surface area contributed by atoms with Crippen LogP contribution in [0.4, 0.5) is 5.69 Å². The van der Waals surface area contributed by atoms with Gasteiger partial charge in [0.25, 0.3) is 5.91 Å². The first-order chi connectivity index (χ1) is 11.4. The van der Waals surface area contributed by atoms with E-state index in [-0.39, 0.29) is 5.91 Å². The minimum atomic E-state index is -0.149. The molecule has 2 aromatic carbocycles. The first-order valence-corrected chi connectivity index (χ1v) is 9.16. The van der Waals surface area contributed by atoms with E-state index in [0.717, 1.165) is 11.3 Å². The van der Waals surface area contributed by atoms with Crippen LogP contribution in [0.2, 0.25) is 10.0 Å². The van der Waals surface area contributed by atoms with E-state index in [1.165, 1.54) is 17.3 Å². The van der Waals surface area contributed by atoms with Gasteiger partial charge in [0, 0.05) is 0 Å². The number of rotatable bonds is 2. The van der Waals surface area contributed by atoms with Gasteiger partial charge in [-0.2, -0.15) is 0 Å². The third-order valence-electron chi connectivity index (χ3n) is 3.81. The summed E-state index contributed by atoms with van der Waals surface area (Å²) >= 11 is 18.9. The average Bonchev–Trinajstić information content (AvgIpc) is 2.81. The highest BCUT2D eigenvalue weighted by Crippen LogP contribution is 2.38. The van der Waals surface area contributed by atoms with Gasteiger partial charge in [-0.1, -0.05) is 65.4 Å². The summed E-state index contributed by atoms with van der Waals surface area (Å²) in [6.45, 7) is 4.04. The highest BCUT2D eigenvalue weighted by atomic mass is 35.5. The molecule has 1 fully saturated rings. The van der Waals surface area contributed by atoms with E-state index < -0.39 is 0 Å². The summed E-state index contributed by atoms with van der Waals surface area (Å²) in [5.41, 5.74) is 3.76. The number of halogens is 2. The highest BCUT2D eigenvalue weighted by Gasteiger charge is 2.33. The van der Waals surface area contributed by atoms with Gasteiger partial charge in [0.1, 0.15) is 0 Å². The van der Waals surface area contributed by atoms with Gasteiger partial charge in [-0.15, -0.1) is 0 Å². The Labute approximate surface area is 160 Å². The van der Waals surface area contributed by atoms with Crippen molar-refractivity contribution in [2.45, 2.75) is 13.8 Å². The maximum atomic E-state index is 12.8. The van der Waals surface area contributed by atoms with Gasteiger partial charge >= 0.3 is 0 Å². The molecule has 6 heteroatoms. The maximum absolute atomic E-state index is 12.8. The average molecular weight is 394 g/mol. The van der Waals surface area contributed by atoms with E-state index in [9.17, 15) is 4.79 Å². The minimum absolute atomic E-state index is 0.149. The number of nitrogens with zero attached hydrogens (tertiary/aromatic N) is 1. The number of thioether (sulfide) groups is 1. The predicted molar refractivity (Wildman–Crippen MR) is 108 cm³/mol. The summed E-state index contributed by atoms with van der Waals surface area (Å²) in [6, 6.07) is 11.2. The van der Waals surface area contributed by atoms with Crippen LogP contribution in [0.25, 0.3) is 6.08 Å². The van der Waals surface area contributed by atoms with Crippen molar-refractivity contribution in [3.05, 3.63) is 68.0 Å². The number of anilines is 1. The fraction of sp³-hybridized carbons (Fsp3) is 0.111. The summed E-state index contributed by atoms with van der Waals surface area (Å²) in [5, 5.41) is 0.880. The van der Waals surface area contributed by atoms with Gasteiger partial charge in [-0.05, 0) is 54.8 Å². The van der Waals surface area contributed by atoms with Crippen molar-refractivity contribution in [2.24, 2.45) is 0 Å².